The maximum Gasteiger partial charge on any atom is 0.0558 e. The van der Waals surface area contributed by atoms with E-state index in [1.54, 1.807) is 0 Å². The van der Waals surface area contributed by atoms with Crippen LogP contribution >= 0.6 is 35.6 Å². The molecular weight excluding hydrogens is 208 g/mol. The third kappa shape index (κ3) is 8.70. The van der Waals surface area contributed by atoms with E-state index in [0.717, 1.165) is 13.1 Å². The molecule has 0 aromatic heterocycles. The Bertz CT molecular complexity index is 60.6. The van der Waals surface area contributed by atoms with Crippen molar-refractivity contribution in [3.8, 4) is 0 Å². The van der Waals surface area contributed by atoms with Crippen molar-refractivity contribution in [1.82, 2.24) is 4.90 Å². The van der Waals surface area contributed by atoms with Gasteiger partial charge in [0.1, 0.15) is 0 Å². The van der Waals surface area contributed by atoms with Crippen LogP contribution in [-0.4, -0.2) is 48.0 Å². The molecule has 0 aliphatic carbocycles. The standard InChI is InChI=1S/C6H13Cl2NO.ClH/c7-1-3-9(4-2-8)5-6-10;/h10H,1-6H2;1H. The summed E-state index contributed by atoms with van der Waals surface area (Å²) in [5, 5.41) is 8.56. The average molecular weight is 223 g/mol. The van der Waals surface area contributed by atoms with E-state index in [1.165, 1.54) is 0 Å². The lowest BCUT2D eigenvalue weighted by Crippen LogP contribution is -2.30. The molecule has 11 heavy (non-hydrogen) atoms. The smallest absolute Gasteiger partial charge is 0.0558 e. The minimum absolute atomic E-state index is 0. The summed E-state index contributed by atoms with van der Waals surface area (Å²) in [4.78, 5) is 2.03. The van der Waals surface area contributed by atoms with Gasteiger partial charge in [0, 0.05) is 31.4 Å². The number of rotatable bonds is 6. The molecule has 0 aromatic rings. The first-order valence-electron chi connectivity index (χ1n) is 3.30. The Morgan fingerprint density at radius 3 is 1.73 bits per heavy atom. The lowest BCUT2D eigenvalue weighted by molar-refractivity contribution is 0.210. The van der Waals surface area contributed by atoms with Gasteiger partial charge in [-0.2, -0.15) is 0 Å². The molecule has 1 N–H and O–H groups in total. The SMILES string of the molecule is Cl.OCCN(CCCl)CCCl. The highest BCUT2D eigenvalue weighted by Crippen LogP contribution is 1.90. The minimum atomic E-state index is 0. The average Bonchev–Trinajstić information content (AvgIpc) is 1.90. The van der Waals surface area contributed by atoms with Crippen LogP contribution < -0.4 is 0 Å². The zero-order chi connectivity index (χ0) is 7.82. The van der Waals surface area contributed by atoms with Crippen LogP contribution in [0.4, 0.5) is 0 Å². The van der Waals surface area contributed by atoms with Gasteiger partial charge in [0.05, 0.1) is 6.61 Å². The highest BCUT2D eigenvalue weighted by molar-refractivity contribution is 6.18. The molecular formula is C6H14Cl3NO. The van der Waals surface area contributed by atoms with Crippen molar-refractivity contribution >= 4 is 35.6 Å². The quantitative estimate of drug-likeness (QED) is 0.682. The molecule has 2 nitrogen and oxygen atoms in total. The molecule has 0 spiro atoms. The second-order valence-corrected chi connectivity index (χ2v) is 2.70. The van der Waals surface area contributed by atoms with Crippen molar-refractivity contribution in [2.75, 3.05) is 38.0 Å². The first-order valence-corrected chi connectivity index (χ1v) is 4.37. The number of aliphatic hydroxyl groups excluding tert-OH is 1. The fraction of sp³-hybridized carbons (Fsp3) is 1.00. The van der Waals surface area contributed by atoms with E-state index < -0.39 is 0 Å². The van der Waals surface area contributed by atoms with E-state index in [0.29, 0.717) is 18.3 Å². The second-order valence-electron chi connectivity index (χ2n) is 1.94. The van der Waals surface area contributed by atoms with Crippen LogP contribution in [0.5, 0.6) is 0 Å². The van der Waals surface area contributed by atoms with Crippen LogP contribution in [0, 0.1) is 0 Å². The molecule has 0 amide bonds. The highest BCUT2D eigenvalue weighted by atomic mass is 35.5. The van der Waals surface area contributed by atoms with Gasteiger partial charge in [-0.15, -0.1) is 35.6 Å². The summed E-state index contributed by atoms with van der Waals surface area (Å²) in [5.41, 5.74) is 0. The fourth-order valence-corrected chi connectivity index (χ4v) is 1.19. The van der Waals surface area contributed by atoms with Gasteiger partial charge in [-0.3, -0.25) is 4.90 Å². The van der Waals surface area contributed by atoms with Gasteiger partial charge in [0.2, 0.25) is 0 Å². The monoisotopic (exact) mass is 221 g/mol. The zero-order valence-electron chi connectivity index (χ0n) is 6.30. The van der Waals surface area contributed by atoms with Crippen LogP contribution in [0.3, 0.4) is 0 Å². The molecule has 0 saturated carbocycles. The molecule has 0 rings (SSSR count). The van der Waals surface area contributed by atoms with Crippen molar-refractivity contribution < 1.29 is 5.11 Å². The number of alkyl halides is 2. The van der Waals surface area contributed by atoms with E-state index >= 15 is 0 Å². The van der Waals surface area contributed by atoms with Crippen LogP contribution in [0.2, 0.25) is 0 Å². The maximum atomic E-state index is 8.56. The van der Waals surface area contributed by atoms with Gasteiger partial charge in [-0.05, 0) is 0 Å². The third-order valence-corrected chi connectivity index (χ3v) is 1.56. The summed E-state index contributed by atoms with van der Waals surface area (Å²) >= 11 is 11.0. The molecule has 0 heterocycles. The van der Waals surface area contributed by atoms with Crippen molar-refractivity contribution in [2.45, 2.75) is 0 Å². The molecule has 0 unspecified atom stereocenters. The zero-order valence-corrected chi connectivity index (χ0v) is 8.63. The van der Waals surface area contributed by atoms with E-state index in [-0.39, 0.29) is 19.0 Å². The van der Waals surface area contributed by atoms with Gasteiger partial charge < -0.3 is 5.11 Å². The molecule has 0 bridgehead atoms. The number of halogens is 3. The van der Waals surface area contributed by atoms with Crippen molar-refractivity contribution in [3.63, 3.8) is 0 Å². The summed E-state index contributed by atoms with van der Waals surface area (Å²) < 4.78 is 0. The first kappa shape index (κ1) is 14.3. The number of nitrogens with zero attached hydrogens (tertiary/aromatic N) is 1. The van der Waals surface area contributed by atoms with Crippen LogP contribution in [0.15, 0.2) is 0 Å². The third-order valence-electron chi connectivity index (χ3n) is 1.22. The normalized spacial score (nSPS) is 9.82. The largest absolute Gasteiger partial charge is 0.395 e. The first-order chi connectivity index (χ1) is 4.85. The van der Waals surface area contributed by atoms with Crippen LogP contribution in [0.25, 0.3) is 0 Å². The lowest BCUT2D eigenvalue weighted by atomic mass is 10.5. The Labute approximate surface area is 83.9 Å². The molecule has 70 valence electrons. The predicted octanol–water partition coefficient (Wildman–Crippen LogP) is 1.18. The topological polar surface area (TPSA) is 23.5 Å². The Morgan fingerprint density at radius 2 is 1.45 bits per heavy atom. The summed E-state index contributed by atoms with van der Waals surface area (Å²) in [5.74, 6) is 1.19. The molecule has 0 fully saturated rings. The highest BCUT2D eigenvalue weighted by Gasteiger charge is 2.00. The van der Waals surface area contributed by atoms with Crippen LogP contribution in [-0.2, 0) is 0 Å². The summed E-state index contributed by atoms with van der Waals surface area (Å²) in [6.45, 7) is 2.44. The van der Waals surface area contributed by atoms with E-state index in [9.17, 15) is 0 Å². The summed E-state index contributed by atoms with van der Waals surface area (Å²) in [6, 6.07) is 0. The summed E-state index contributed by atoms with van der Waals surface area (Å²) in [6.07, 6.45) is 0. The van der Waals surface area contributed by atoms with Gasteiger partial charge in [0.15, 0.2) is 0 Å². The molecule has 0 atom stereocenters. The Hall–Kier alpha value is 0.790. The van der Waals surface area contributed by atoms with Crippen molar-refractivity contribution in [1.29, 1.82) is 0 Å². The van der Waals surface area contributed by atoms with E-state index in [4.69, 9.17) is 28.3 Å². The Balaban J connectivity index is 0. The van der Waals surface area contributed by atoms with Gasteiger partial charge in [0.25, 0.3) is 0 Å². The van der Waals surface area contributed by atoms with Crippen LogP contribution in [0.1, 0.15) is 0 Å². The second kappa shape index (κ2) is 10.8. The molecule has 5 heteroatoms. The maximum absolute atomic E-state index is 8.56. The molecule has 0 saturated heterocycles. The van der Waals surface area contributed by atoms with Crippen molar-refractivity contribution in [3.05, 3.63) is 0 Å². The Morgan fingerprint density at radius 1 is 1.00 bits per heavy atom. The van der Waals surface area contributed by atoms with Gasteiger partial charge >= 0.3 is 0 Å². The Kier molecular flexibility index (Phi) is 14.0. The van der Waals surface area contributed by atoms with Gasteiger partial charge in [-0.25, -0.2) is 0 Å². The molecule has 0 aromatic carbocycles. The summed E-state index contributed by atoms with van der Waals surface area (Å²) in [7, 11) is 0. The molecule has 0 radical (unpaired) electrons. The fourth-order valence-electron chi connectivity index (χ4n) is 0.716. The van der Waals surface area contributed by atoms with Gasteiger partial charge in [-0.1, -0.05) is 0 Å². The number of aliphatic hydroxyl groups is 1. The molecule has 0 aliphatic heterocycles. The minimum Gasteiger partial charge on any atom is -0.395 e. The number of hydrogen-bond donors (Lipinski definition) is 1. The van der Waals surface area contributed by atoms with E-state index in [2.05, 4.69) is 0 Å². The number of hydrogen-bond acceptors (Lipinski definition) is 2. The lowest BCUT2D eigenvalue weighted by Gasteiger charge is -2.17. The predicted molar refractivity (Wildman–Crippen MR) is 52.2 cm³/mol. The van der Waals surface area contributed by atoms with E-state index in [1.807, 2.05) is 4.90 Å². The van der Waals surface area contributed by atoms with Crippen molar-refractivity contribution in [2.24, 2.45) is 0 Å². The molecule has 0 aliphatic rings.